The molecule has 3 N–H and O–H groups in total. The van der Waals surface area contributed by atoms with Crippen LogP contribution in [-0.2, 0) is 22.4 Å². The number of carbonyl (C=O) groups excluding carboxylic acids is 1. The molecule has 0 saturated carbocycles. The molecule has 2 aromatic heterocycles. The number of rotatable bonds is 11. The van der Waals surface area contributed by atoms with Crippen LogP contribution in [0.25, 0.3) is 0 Å². The Labute approximate surface area is 196 Å². The van der Waals surface area contributed by atoms with E-state index in [1.807, 2.05) is 0 Å². The third-order valence-electron chi connectivity index (χ3n) is 5.48. The lowest BCUT2D eigenvalue weighted by atomic mass is 10.0. The van der Waals surface area contributed by atoms with Crippen molar-refractivity contribution >= 4 is 29.3 Å². The Balaban J connectivity index is 1.40. The predicted octanol–water partition coefficient (Wildman–Crippen LogP) is 3.49. The molecule has 2 aromatic rings. The number of nitrogens with one attached hydrogen (secondary N) is 2. The van der Waals surface area contributed by atoms with Gasteiger partial charge in [0, 0.05) is 38.1 Å². The number of carbonyl (C=O) groups is 2. The second-order valence-corrected chi connectivity index (χ2v) is 8.60. The van der Waals surface area contributed by atoms with Crippen molar-refractivity contribution in [3.8, 4) is 0 Å². The van der Waals surface area contributed by atoms with E-state index in [1.54, 1.807) is 0 Å². The summed E-state index contributed by atoms with van der Waals surface area (Å²) in [5.41, 5.74) is 1.86. The van der Waals surface area contributed by atoms with E-state index in [0.717, 1.165) is 56.1 Å². The van der Waals surface area contributed by atoms with Crippen LogP contribution in [0.2, 0.25) is 5.02 Å². The van der Waals surface area contributed by atoms with Crippen LogP contribution in [0.5, 0.6) is 0 Å². The van der Waals surface area contributed by atoms with Gasteiger partial charge in [0.05, 0.1) is 16.8 Å². The Morgan fingerprint density at radius 2 is 2.15 bits per heavy atom. The molecule has 3 heterocycles. The standard InChI is InChI=1S/C23H28ClFN4O4/c1-14(4-6-16-7-5-15-3-2-9-27-21(15)28-16)13-33-10-8-19(23(31)32)29-22(30)20-17(24)11-26-12-18(20)25/h5,7,11-12,14,19H,2-4,6,8-10,13H2,1H3,(H,27,28)(H,29,30)(H,31,32). The lowest BCUT2D eigenvalue weighted by Gasteiger charge is -2.18. The highest BCUT2D eigenvalue weighted by Gasteiger charge is 2.24. The second-order valence-electron chi connectivity index (χ2n) is 8.19. The molecule has 0 aliphatic carbocycles. The minimum absolute atomic E-state index is 0.0379. The molecule has 0 spiro atoms. The highest BCUT2D eigenvalue weighted by molar-refractivity contribution is 6.33. The summed E-state index contributed by atoms with van der Waals surface area (Å²) >= 11 is 5.81. The molecule has 3 rings (SSSR count). The number of nitrogens with zero attached hydrogens (tertiary/aromatic N) is 2. The van der Waals surface area contributed by atoms with Crippen molar-refractivity contribution in [1.29, 1.82) is 0 Å². The van der Waals surface area contributed by atoms with Gasteiger partial charge in [-0.25, -0.2) is 14.2 Å². The number of fused-ring (bicyclic) bond motifs is 1. The van der Waals surface area contributed by atoms with Crippen LogP contribution in [0.3, 0.4) is 0 Å². The Morgan fingerprint density at radius 1 is 1.33 bits per heavy atom. The van der Waals surface area contributed by atoms with E-state index in [-0.39, 0.29) is 24.0 Å². The van der Waals surface area contributed by atoms with E-state index >= 15 is 0 Å². The zero-order valence-corrected chi connectivity index (χ0v) is 19.2. The summed E-state index contributed by atoms with van der Waals surface area (Å²) in [7, 11) is 0. The van der Waals surface area contributed by atoms with Gasteiger partial charge in [-0.2, -0.15) is 0 Å². The number of aryl methyl sites for hydroxylation is 2. The maximum Gasteiger partial charge on any atom is 0.326 e. The Bertz CT molecular complexity index is 971. The van der Waals surface area contributed by atoms with Crippen molar-refractivity contribution < 1.29 is 23.8 Å². The van der Waals surface area contributed by atoms with Crippen molar-refractivity contribution in [2.75, 3.05) is 25.1 Å². The quantitative estimate of drug-likeness (QED) is 0.423. The lowest BCUT2D eigenvalue weighted by Crippen LogP contribution is -2.42. The lowest BCUT2D eigenvalue weighted by molar-refractivity contribution is -0.139. The number of amides is 1. The molecule has 178 valence electrons. The molecule has 8 nitrogen and oxygen atoms in total. The Hall–Kier alpha value is -2.78. The third kappa shape index (κ3) is 7.10. The first-order chi connectivity index (χ1) is 15.8. The van der Waals surface area contributed by atoms with Crippen LogP contribution in [0, 0.1) is 11.7 Å². The van der Waals surface area contributed by atoms with Gasteiger partial charge in [-0.1, -0.05) is 24.6 Å². The number of carboxylic acid groups (broad SMARTS) is 1. The average molecular weight is 479 g/mol. The smallest absolute Gasteiger partial charge is 0.326 e. The van der Waals surface area contributed by atoms with Crippen molar-refractivity contribution in [1.82, 2.24) is 15.3 Å². The third-order valence-corrected chi connectivity index (χ3v) is 5.77. The molecule has 0 saturated heterocycles. The van der Waals surface area contributed by atoms with E-state index in [9.17, 15) is 19.1 Å². The number of hydrogen-bond donors (Lipinski definition) is 3. The van der Waals surface area contributed by atoms with E-state index < -0.39 is 29.3 Å². The predicted molar refractivity (Wildman–Crippen MR) is 122 cm³/mol. The fourth-order valence-corrected chi connectivity index (χ4v) is 3.82. The Morgan fingerprint density at radius 3 is 2.91 bits per heavy atom. The first-order valence-corrected chi connectivity index (χ1v) is 11.4. The van der Waals surface area contributed by atoms with Gasteiger partial charge in [-0.05, 0) is 43.2 Å². The van der Waals surface area contributed by atoms with E-state index in [2.05, 4.69) is 34.7 Å². The molecule has 1 aliphatic heterocycles. The summed E-state index contributed by atoms with van der Waals surface area (Å²) < 4.78 is 19.5. The van der Waals surface area contributed by atoms with Crippen molar-refractivity contribution in [2.24, 2.45) is 5.92 Å². The summed E-state index contributed by atoms with van der Waals surface area (Å²) in [4.78, 5) is 32.0. The molecule has 0 aromatic carbocycles. The highest BCUT2D eigenvalue weighted by atomic mass is 35.5. The number of ether oxygens (including phenoxy) is 1. The number of carboxylic acids is 1. The number of aromatic nitrogens is 2. The SMILES string of the molecule is CC(CCc1ccc2c(n1)NCCC2)COCCC(NC(=O)c1c(F)cncc1Cl)C(=O)O. The minimum Gasteiger partial charge on any atom is -0.480 e. The number of hydrogen-bond acceptors (Lipinski definition) is 6. The van der Waals surface area contributed by atoms with Crippen molar-refractivity contribution in [3.05, 3.63) is 52.2 Å². The monoisotopic (exact) mass is 478 g/mol. The number of aliphatic carboxylic acids is 1. The van der Waals surface area contributed by atoms with Gasteiger partial charge in [0.2, 0.25) is 0 Å². The van der Waals surface area contributed by atoms with E-state index in [4.69, 9.17) is 21.3 Å². The van der Waals surface area contributed by atoms with Gasteiger partial charge in [0.1, 0.15) is 11.9 Å². The van der Waals surface area contributed by atoms with Crippen molar-refractivity contribution in [3.63, 3.8) is 0 Å². The first kappa shape index (κ1) is 24.9. The summed E-state index contributed by atoms with van der Waals surface area (Å²) in [6.45, 7) is 3.60. The first-order valence-electron chi connectivity index (χ1n) is 11.0. The molecule has 0 fully saturated rings. The van der Waals surface area contributed by atoms with Crippen LogP contribution in [0.15, 0.2) is 24.5 Å². The van der Waals surface area contributed by atoms with E-state index in [1.165, 1.54) is 5.56 Å². The number of anilines is 1. The number of pyridine rings is 2. The minimum atomic E-state index is -1.24. The molecule has 0 radical (unpaired) electrons. The van der Waals surface area contributed by atoms with Gasteiger partial charge in [-0.15, -0.1) is 0 Å². The zero-order valence-electron chi connectivity index (χ0n) is 18.4. The van der Waals surface area contributed by atoms with Crippen LogP contribution < -0.4 is 10.6 Å². The van der Waals surface area contributed by atoms with Gasteiger partial charge >= 0.3 is 5.97 Å². The van der Waals surface area contributed by atoms with E-state index in [0.29, 0.717) is 6.61 Å². The fraction of sp³-hybridized carbons (Fsp3) is 0.478. The molecule has 2 unspecified atom stereocenters. The molecule has 0 bridgehead atoms. The molecule has 1 amide bonds. The summed E-state index contributed by atoms with van der Waals surface area (Å²) in [6, 6.07) is 2.97. The molecular weight excluding hydrogens is 451 g/mol. The Kier molecular flexibility index (Phi) is 8.96. The molecule has 2 atom stereocenters. The normalized spacial score (nSPS) is 14.6. The molecular formula is C23H28ClFN4O4. The topological polar surface area (TPSA) is 113 Å². The maximum atomic E-state index is 13.8. The van der Waals surface area contributed by atoms with Crippen LogP contribution in [0.4, 0.5) is 10.2 Å². The van der Waals surface area contributed by atoms with Gasteiger partial charge in [0.25, 0.3) is 5.91 Å². The second kappa shape index (κ2) is 11.9. The molecule has 33 heavy (non-hydrogen) atoms. The van der Waals surface area contributed by atoms with Crippen LogP contribution in [-0.4, -0.2) is 52.8 Å². The molecule has 10 heteroatoms. The molecule has 1 aliphatic rings. The largest absolute Gasteiger partial charge is 0.480 e. The number of halogens is 2. The van der Waals surface area contributed by atoms with Crippen LogP contribution >= 0.6 is 11.6 Å². The maximum absolute atomic E-state index is 13.8. The van der Waals surface area contributed by atoms with Gasteiger partial charge < -0.3 is 20.5 Å². The average Bonchev–Trinajstić information content (AvgIpc) is 2.79. The summed E-state index contributed by atoms with van der Waals surface area (Å²) in [6.07, 6.45) is 5.89. The van der Waals surface area contributed by atoms with Gasteiger partial charge in [0.15, 0.2) is 5.82 Å². The van der Waals surface area contributed by atoms with Gasteiger partial charge in [-0.3, -0.25) is 9.78 Å². The highest BCUT2D eigenvalue weighted by Crippen LogP contribution is 2.21. The fourth-order valence-electron chi connectivity index (χ4n) is 3.59. The van der Waals surface area contributed by atoms with Crippen molar-refractivity contribution in [2.45, 2.75) is 45.1 Å². The summed E-state index contributed by atoms with van der Waals surface area (Å²) in [5.74, 6) is -1.83. The summed E-state index contributed by atoms with van der Waals surface area (Å²) in [5, 5.41) is 14.8. The zero-order chi connectivity index (χ0) is 23.8. The van der Waals surface area contributed by atoms with Crippen LogP contribution in [0.1, 0.15) is 47.8 Å².